The maximum atomic E-state index is 12.4. The van der Waals surface area contributed by atoms with Crippen LogP contribution in [0.25, 0.3) is 0 Å². The highest BCUT2D eigenvalue weighted by Gasteiger charge is 2.60. The zero-order chi connectivity index (χ0) is 14.8. The molecule has 110 valence electrons. The van der Waals surface area contributed by atoms with Gasteiger partial charge < -0.3 is 10.3 Å². The second kappa shape index (κ2) is 5.35. The van der Waals surface area contributed by atoms with E-state index in [0.717, 1.165) is 0 Å². The Bertz CT molecular complexity index is 399. The van der Waals surface area contributed by atoms with Gasteiger partial charge in [0.25, 0.3) is 0 Å². The minimum absolute atomic E-state index is 0.321. The summed E-state index contributed by atoms with van der Waals surface area (Å²) in [5, 5.41) is 3.07. The Kier molecular flexibility index (Phi) is 4.43. The van der Waals surface area contributed by atoms with E-state index in [9.17, 15) is 26.3 Å². The monoisotopic (exact) mass is 291 g/mol. The van der Waals surface area contributed by atoms with Gasteiger partial charge in [-0.15, -0.1) is 0 Å². The topological polar surface area (TPSA) is 64.9 Å². The number of nitrogens with zero attached hydrogens (tertiary/aromatic N) is 2. The fourth-order valence-corrected chi connectivity index (χ4v) is 1.42. The summed E-state index contributed by atoms with van der Waals surface area (Å²) in [6, 6.07) is -0.857. The number of rotatable bonds is 4. The van der Waals surface area contributed by atoms with Crippen molar-refractivity contribution in [1.82, 2.24) is 10.1 Å². The van der Waals surface area contributed by atoms with Crippen LogP contribution < -0.4 is 5.73 Å². The SMILES string of the molecule is CCCC(N)c1noc(C(C(F)(F)F)C(F)(F)F)n1. The number of aromatic nitrogens is 2. The molecule has 1 atom stereocenters. The summed E-state index contributed by atoms with van der Waals surface area (Å²) in [6.07, 6.45) is -10.2. The molecule has 2 N–H and O–H groups in total. The summed E-state index contributed by atoms with van der Waals surface area (Å²) in [6.45, 7) is 1.75. The van der Waals surface area contributed by atoms with Crippen LogP contribution in [-0.2, 0) is 0 Å². The third-order valence-electron chi connectivity index (χ3n) is 2.29. The third kappa shape index (κ3) is 3.82. The average Bonchev–Trinajstić information content (AvgIpc) is 2.62. The van der Waals surface area contributed by atoms with E-state index >= 15 is 0 Å². The molecule has 19 heavy (non-hydrogen) atoms. The quantitative estimate of drug-likeness (QED) is 0.866. The van der Waals surface area contributed by atoms with Crippen LogP contribution >= 0.6 is 0 Å². The van der Waals surface area contributed by atoms with Crippen molar-refractivity contribution in [3.63, 3.8) is 0 Å². The number of hydrogen-bond donors (Lipinski definition) is 1. The highest BCUT2D eigenvalue weighted by atomic mass is 19.4. The van der Waals surface area contributed by atoms with Crippen LogP contribution in [0.5, 0.6) is 0 Å². The summed E-state index contributed by atoms with van der Waals surface area (Å²) in [5.74, 6) is -5.70. The minimum atomic E-state index is -5.56. The van der Waals surface area contributed by atoms with E-state index in [0.29, 0.717) is 12.8 Å². The molecule has 0 radical (unpaired) electrons. The average molecular weight is 291 g/mol. The molecule has 1 aromatic rings. The molecular formula is C9H11F6N3O. The molecule has 0 saturated heterocycles. The van der Waals surface area contributed by atoms with Crippen LogP contribution in [0.4, 0.5) is 26.3 Å². The van der Waals surface area contributed by atoms with Gasteiger partial charge in [0.1, 0.15) is 0 Å². The predicted octanol–water partition coefficient (Wildman–Crippen LogP) is 3.08. The maximum absolute atomic E-state index is 12.4. The molecule has 0 aromatic carbocycles. The molecule has 0 aliphatic heterocycles. The van der Waals surface area contributed by atoms with E-state index in [2.05, 4.69) is 14.7 Å². The number of halogens is 6. The first kappa shape index (κ1) is 15.7. The first-order chi connectivity index (χ1) is 8.57. The van der Waals surface area contributed by atoms with Gasteiger partial charge >= 0.3 is 12.4 Å². The van der Waals surface area contributed by atoms with E-state index < -0.39 is 30.2 Å². The van der Waals surface area contributed by atoms with Crippen molar-refractivity contribution in [2.45, 2.75) is 44.1 Å². The summed E-state index contributed by atoms with van der Waals surface area (Å²) >= 11 is 0. The fourth-order valence-electron chi connectivity index (χ4n) is 1.42. The molecule has 0 bridgehead atoms. The Balaban J connectivity index is 3.06. The molecule has 1 unspecified atom stereocenters. The summed E-state index contributed by atoms with van der Waals surface area (Å²) in [5.41, 5.74) is 5.49. The van der Waals surface area contributed by atoms with Crippen LogP contribution in [0, 0.1) is 0 Å². The zero-order valence-corrected chi connectivity index (χ0v) is 9.72. The normalized spacial score (nSPS) is 15.0. The van der Waals surface area contributed by atoms with Gasteiger partial charge in [0.15, 0.2) is 5.82 Å². The number of nitrogens with two attached hydrogens (primary N) is 1. The summed E-state index contributed by atoms with van der Waals surface area (Å²) < 4.78 is 78.4. The van der Waals surface area contributed by atoms with Crippen LogP contribution in [0.1, 0.15) is 43.4 Å². The predicted molar refractivity (Wildman–Crippen MR) is 51.0 cm³/mol. The van der Waals surface area contributed by atoms with E-state index in [4.69, 9.17) is 5.73 Å². The van der Waals surface area contributed by atoms with E-state index in [-0.39, 0.29) is 5.82 Å². The summed E-state index contributed by atoms with van der Waals surface area (Å²) in [7, 11) is 0. The van der Waals surface area contributed by atoms with Crippen molar-refractivity contribution in [2.24, 2.45) is 5.73 Å². The van der Waals surface area contributed by atoms with Gasteiger partial charge in [0.2, 0.25) is 11.8 Å². The third-order valence-corrected chi connectivity index (χ3v) is 2.29. The number of hydrogen-bond acceptors (Lipinski definition) is 4. The van der Waals surface area contributed by atoms with Gasteiger partial charge in [0, 0.05) is 0 Å². The molecular weight excluding hydrogens is 280 g/mol. The van der Waals surface area contributed by atoms with Crippen molar-refractivity contribution >= 4 is 0 Å². The molecule has 10 heteroatoms. The van der Waals surface area contributed by atoms with Crippen molar-refractivity contribution in [1.29, 1.82) is 0 Å². The molecule has 1 aromatic heterocycles. The maximum Gasteiger partial charge on any atom is 0.409 e. The standard InChI is InChI=1S/C9H11F6N3O/c1-2-3-4(16)6-17-7(19-18-6)5(8(10,11)12)9(13,14)15/h4-5H,2-3,16H2,1H3. The first-order valence-corrected chi connectivity index (χ1v) is 5.29. The Morgan fingerprint density at radius 2 is 1.68 bits per heavy atom. The van der Waals surface area contributed by atoms with Gasteiger partial charge in [-0.25, -0.2) is 0 Å². The molecule has 0 aliphatic rings. The van der Waals surface area contributed by atoms with E-state index in [1.165, 1.54) is 0 Å². The van der Waals surface area contributed by atoms with E-state index in [1.54, 1.807) is 6.92 Å². The lowest BCUT2D eigenvalue weighted by molar-refractivity contribution is -0.259. The fraction of sp³-hybridized carbons (Fsp3) is 0.778. The Morgan fingerprint density at radius 3 is 2.11 bits per heavy atom. The molecule has 0 spiro atoms. The lowest BCUT2D eigenvalue weighted by Crippen LogP contribution is -2.34. The minimum Gasteiger partial charge on any atom is -0.338 e. The summed E-state index contributed by atoms with van der Waals surface area (Å²) in [4.78, 5) is 3.12. The molecule has 0 aliphatic carbocycles. The lowest BCUT2D eigenvalue weighted by atomic mass is 10.1. The van der Waals surface area contributed by atoms with Gasteiger partial charge in [-0.2, -0.15) is 31.3 Å². The highest BCUT2D eigenvalue weighted by molar-refractivity contribution is 5.03. The Morgan fingerprint density at radius 1 is 1.16 bits per heavy atom. The Labute approximate surface area is 104 Å². The van der Waals surface area contributed by atoms with Gasteiger partial charge in [-0.3, -0.25) is 0 Å². The van der Waals surface area contributed by atoms with Crippen LogP contribution in [0.3, 0.4) is 0 Å². The van der Waals surface area contributed by atoms with Crippen LogP contribution in [0.15, 0.2) is 4.52 Å². The van der Waals surface area contributed by atoms with Gasteiger partial charge in [-0.1, -0.05) is 18.5 Å². The smallest absolute Gasteiger partial charge is 0.338 e. The molecule has 1 heterocycles. The lowest BCUT2D eigenvalue weighted by Gasteiger charge is -2.19. The Hall–Kier alpha value is -1.32. The number of alkyl halides is 6. The molecule has 0 fully saturated rings. The second-order valence-electron chi connectivity index (χ2n) is 3.90. The van der Waals surface area contributed by atoms with Crippen LogP contribution in [0.2, 0.25) is 0 Å². The van der Waals surface area contributed by atoms with Crippen molar-refractivity contribution in [3.05, 3.63) is 11.7 Å². The second-order valence-corrected chi connectivity index (χ2v) is 3.90. The first-order valence-electron chi connectivity index (χ1n) is 5.29. The van der Waals surface area contributed by atoms with Crippen molar-refractivity contribution in [2.75, 3.05) is 0 Å². The molecule has 0 amide bonds. The van der Waals surface area contributed by atoms with Gasteiger partial charge in [0.05, 0.1) is 6.04 Å². The van der Waals surface area contributed by atoms with Crippen LogP contribution in [-0.4, -0.2) is 22.5 Å². The zero-order valence-electron chi connectivity index (χ0n) is 9.72. The van der Waals surface area contributed by atoms with Crippen molar-refractivity contribution in [3.8, 4) is 0 Å². The van der Waals surface area contributed by atoms with Gasteiger partial charge in [-0.05, 0) is 6.42 Å². The molecule has 4 nitrogen and oxygen atoms in total. The van der Waals surface area contributed by atoms with E-state index in [1.807, 2.05) is 0 Å². The van der Waals surface area contributed by atoms with Crippen molar-refractivity contribution < 1.29 is 30.9 Å². The largest absolute Gasteiger partial charge is 0.409 e. The highest BCUT2D eigenvalue weighted by Crippen LogP contribution is 2.45. The molecule has 1 rings (SSSR count). The molecule has 0 saturated carbocycles.